The van der Waals surface area contributed by atoms with Gasteiger partial charge in [-0.2, -0.15) is 0 Å². The Morgan fingerprint density at radius 1 is 1.05 bits per heavy atom. The number of morpholine rings is 1. The summed E-state index contributed by atoms with van der Waals surface area (Å²) in [5.74, 6) is 0. The first kappa shape index (κ1) is 15.0. The molecule has 4 nitrogen and oxygen atoms in total. The van der Waals surface area contributed by atoms with Crippen molar-refractivity contribution in [3.05, 3.63) is 35.4 Å². The molecule has 21 heavy (non-hydrogen) atoms. The second-order valence-corrected chi connectivity index (χ2v) is 6.18. The normalized spacial score (nSPS) is 24.5. The molecule has 2 N–H and O–H groups in total. The molecule has 1 atom stereocenters. The minimum absolute atomic E-state index is 0.727. The van der Waals surface area contributed by atoms with Crippen LogP contribution in [0.4, 0.5) is 0 Å². The molecule has 1 aromatic rings. The van der Waals surface area contributed by atoms with E-state index in [0.717, 1.165) is 51.9 Å². The van der Waals surface area contributed by atoms with Crippen LogP contribution >= 0.6 is 0 Å². The molecule has 4 heteroatoms. The Morgan fingerprint density at radius 2 is 1.76 bits per heavy atom. The summed E-state index contributed by atoms with van der Waals surface area (Å²) in [6.07, 6.45) is 2.27. The van der Waals surface area contributed by atoms with E-state index in [-0.39, 0.29) is 0 Å². The zero-order valence-electron chi connectivity index (χ0n) is 12.8. The molecule has 116 valence electrons. The first-order valence-corrected chi connectivity index (χ1v) is 8.17. The number of nitrogens with zero attached hydrogens (tertiary/aromatic N) is 2. The lowest BCUT2D eigenvalue weighted by Crippen LogP contribution is -2.44. The first-order valence-electron chi connectivity index (χ1n) is 8.17. The summed E-state index contributed by atoms with van der Waals surface area (Å²) in [5, 5.41) is 0. The third-order valence-corrected chi connectivity index (χ3v) is 4.67. The number of hydrogen-bond acceptors (Lipinski definition) is 4. The minimum Gasteiger partial charge on any atom is -0.379 e. The van der Waals surface area contributed by atoms with Gasteiger partial charge in [-0.3, -0.25) is 9.80 Å². The van der Waals surface area contributed by atoms with Crippen LogP contribution in [0.3, 0.4) is 0 Å². The SMILES string of the molecule is NCCc1ccc(CN2CCC(N3CCOCC3)C2)cc1. The fraction of sp³-hybridized carbons (Fsp3) is 0.647. The average molecular weight is 289 g/mol. The van der Waals surface area contributed by atoms with E-state index in [2.05, 4.69) is 34.1 Å². The van der Waals surface area contributed by atoms with Gasteiger partial charge in [-0.25, -0.2) is 0 Å². The Hall–Kier alpha value is -0.940. The lowest BCUT2D eigenvalue weighted by atomic mass is 10.1. The highest BCUT2D eigenvalue weighted by Gasteiger charge is 2.28. The van der Waals surface area contributed by atoms with Gasteiger partial charge in [0.15, 0.2) is 0 Å². The number of benzene rings is 1. The van der Waals surface area contributed by atoms with Crippen molar-refractivity contribution in [2.75, 3.05) is 45.9 Å². The van der Waals surface area contributed by atoms with E-state index in [1.165, 1.54) is 30.6 Å². The van der Waals surface area contributed by atoms with Crippen LogP contribution in [0.25, 0.3) is 0 Å². The molecule has 0 aromatic heterocycles. The summed E-state index contributed by atoms with van der Waals surface area (Å²) in [4.78, 5) is 5.19. The Kier molecular flexibility index (Phi) is 5.25. The Morgan fingerprint density at radius 3 is 2.48 bits per heavy atom. The van der Waals surface area contributed by atoms with Gasteiger partial charge in [-0.15, -0.1) is 0 Å². The van der Waals surface area contributed by atoms with Gasteiger partial charge in [-0.1, -0.05) is 24.3 Å². The van der Waals surface area contributed by atoms with Gasteiger partial charge in [-0.05, 0) is 30.5 Å². The monoisotopic (exact) mass is 289 g/mol. The number of ether oxygens (including phenoxy) is 1. The van der Waals surface area contributed by atoms with Crippen molar-refractivity contribution in [2.45, 2.75) is 25.4 Å². The van der Waals surface area contributed by atoms with E-state index in [9.17, 15) is 0 Å². The summed E-state index contributed by atoms with van der Waals surface area (Å²) in [7, 11) is 0. The number of nitrogens with two attached hydrogens (primary N) is 1. The summed E-state index contributed by atoms with van der Waals surface area (Å²) in [6, 6.07) is 9.68. The third-order valence-electron chi connectivity index (χ3n) is 4.67. The molecule has 3 rings (SSSR count). The zero-order valence-corrected chi connectivity index (χ0v) is 12.8. The van der Waals surface area contributed by atoms with Crippen LogP contribution in [0.5, 0.6) is 0 Å². The fourth-order valence-electron chi connectivity index (χ4n) is 3.43. The third kappa shape index (κ3) is 4.04. The van der Waals surface area contributed by atoms with Crippen LogP contribution in [0.2, 0.25) is 0 Å². The Bertz CT molecular complexity index is 428. The molecule has 2 fully saturated rings. The minimum atomic E-state index is 0.727. The lowest BCUT2D eigenvalue weighted by Gasteiger charge is -2.32. The van der Waals surface area contributed by atoms with E-state index in [4.69, 9.17) is 10.5 Å². The van der Waals surface area contributed by atoms with Crippen molar-refractivity contribution < 1.29 is 4.74 Å². The molecular weight excluding hydrogens is 262 g/mol. The molecule has 0 amide bonds. The molecule has 0 bridgehead atoms. The highest BCUT2D eigenvalue weighted by molar-refractivity contribution is 5.22. The Balaban J connectivity index is 1.49. The molecule has 0 radical (unpaired) electrons. The molecule has 0 spiro atoms. The van der Waals surface area contributed by atoms with Crippen LogP contribution in [0, 0.1) is 0 Å². The summed E-state index contributed by atoms with van der Waals surface area (Å²) in [6.45, 7) is 8.23. The van der Waals surface area contributed by atoms with Gasteiger partial charge in [0.25, 0.3) is 0 Å². The van der Waals surface area contributed by atoms with E-state index < -0.39 is 0 Å². The van der Waals surface area contributed by atoms with Gasteiger partial charge in [0.05, 0.1) is 13.2 Å². The molecule has 0 saturated carbocycles. The molecule has 2 aliphatic rings. The highest BCUT2D eigenvalue weighted by Crippen LogP contribution is 2.19. The Labute approximate surface area is 127 Å². The van der Waals surface area contributed by atoms with Crippen molar-refractivity contribution in [3.8, 4) is 0 Å². The highest BCUT2D eigenvalue weighted by atomic mass is 16.5. The van der Waals surface area contributed by atoms with E-state index in [1.807, 2.05) is 0 Å². The number of rotatable bonds is 5. The van der Waals surface area contributed by atoms with Crippen LogP contribution in [0.15, 0.2) is 24.3 Å². The topological polar surface area (TPSA) is 41.7 Å². The molecule has 2 aliphatic heterocycles. The van der Waals surface area contributed by atoms with Gasteiger partial charge < -0.3 is 10.5 Å². The van der Waals surface area contributed by atoms with Crippen LogP contribution in [0.1, 0.15) is 17.5 Å². The van der Waals surface area contributed by atoms with Crippen molar-refractivity contribution in [1.82, 2.24) is 9.80 Å². The van der Waals surface area contributed by atoms with Crippen LogP contribution < -0.4 is 5.73 Å². The zero-order chi connectivity index (χ0) is 14.5. The molecule has 0 aliphatic carbocycles. The van der Waals surface area contributed by atoms with Gasteiger partial charge >= 0.3 is 0 Å². The van der Waals surface area contributed by atoms with E-state index >= 15 is 0 Å². The van der Waals surface area contributed by atoms with Crippen LogP contribution in [-0.4, -0.2) is 61.8 Å². The van der Waals surface area contributed by atoms with Crippen molar-refractivity contribution >= 4 is 0 Å². The van der Waals surface area contributed by atoms with Gasteiger partial charge in [0, 0.05) is 38.8 Å². The standard InChI is InChI=1S/C17H27N3O/c18-7-5-15-1-3-16(4-2-15)13-19-8-6-17(14-19)20-9-11-21-12-10-20/h1-4,17H,5-14,18H2. The van der Waals surface area contributed by atoms with Crippen molar-refractivity contribution in [3.63, 3.8) is 0 Å². The second kappa shape index (κ2) is 7.36. The van der Waals surface area contributed by atoms with E-state index in [1.54, 1.807) is 0 Å². The smallest absolute Gasteiger partial charge is 0.0594 e. The van der Waals surface area contributed by atoms with Crippen LogP contribution in [-0.2, 0) is 17.7 Å². The van der Waals surface area contributed by atoms with E-state index in [0.29, 0.717) is 0 Å². The summed E-state index contributed by atoms with van der Waals surface area (Å²) >= 11 is 0. The maximum Gasteiger partial charge on any atom is 0.0594 e. The average Bonchev–Trinajstić information content (AvgIpc) is 2.99. The first-order chi connectivity index (χ1) is 10.3. The molecule has 2 saturated heterocycles. The fourth-order valence-corrected chi connectivity index (χ4v) is 3.43. The molecule has 1 aromatic carbocycles. The summed E-state index contributed by atoms with van der Waals surface area (Å²) in [5.41, 5.74) is 8.35. The van der Waals surface area contributed by atoms with Crippen molar-refractivity contribution in [2.24, 2.45) is 5.73 Å². The quantitative estimate of drug-likeness (QED) is 0.881. The number of hydrogen-bond donors (Lipinski definition) is 1. The largest absolute Gasteiger partial charge is 0.379 e. The van der Waals surface area contributed by atoms with Gasteiger partial charge in [0.1, 0.15) is 0 Å². The molecule has 2 heterocycles. The van der Waals surface area contributed by atoms with Gasteiger partial charge in [0.2, 0.25) is 0 Å². The predicted molar refractivity (Wildman–Crippen MR) is 85.3 cm³/mol. The summed E-state index contributed by atoms with van der Waals surface area (Å²) < 4.78 is 5.45. The maximum absolute atomic E-state index is 5.60. The lowest BCUT2D eigenvalue weighted by molar-refractivity contribution is 0.0184. The molecule has 1 unspecified atom stereocenters. The predicted octanol–water partition coefficient (Wildman–Crippen LogP) is 1.09. The number of likely N-dealkylation sites (tertiary alicyclic amines) is 1. The maximum atomic E-state index is 5.60. The second-order valence-electron chi connectivity index (χ2n) is 6.18. The molecular formula is C17H27N3O. The van der Waals surface area contributed by atoms with Crippen molar-refractivity contribution in [1.29, 1.82) is 0 Å².